The summed E-state index contributed by atoms with van der Waals surface area (Å²) >= 11 is 18.8. The molecule has 0 aliphatic heterocycles. The van der Waals surface area contributed by atoms with Crippen molar-refractivity contribution in [1.29, 1.82) is 0 Å². The van der Waals surface area contributed by atoms with E-state index in [1.807, 2.05) is 65.1 Å². The van der Waals surface area contributed by atoms with E-state index in [0.29, 0.717) is 0 Å². The van der Waals surface area contributed by atoms with Gasteiger partial charge in [0.2, 0.25) is 0 Å². The third-order valence-corrected chi connectivity index (χ3v) is 5.51. The van der Waals surface area contributed by atoms with Crippen LogP contribution in [-0.4, -0.2) is 13.8 Å². The molecule has 0 aromatic heterocycles. The Morgan fingerprint density at radius 1 is 0.833 bits per heavy atom. The lowest BCUT2D eigenvalue weighted by atomic mass is 9.80. The van der Waals surface area contributed by atoms with Crippen molar-refractivity contribution in [3.8, 4) is 0 Å². The summed E-state index contributed by atoms with van der Waals surface area (Å²) < 4.78 is 1.89. The van der Waals surface area contributed by atoms with E-state index < -0.39 is 7.58 Å². The molecule has 0 spiro atoms. The Morgan fingerprint density at radius 2 is 1.33 bits per heavy atom. The molecule has 6 heteroatoms. The van der Waals surface area contributed by atoms with E-state index in [9.17, 15) is 0 Å². The quantitative estimate of drug-likeness (QED) is 0.618. The molecule has 2 aromatic carbocycles. The summed E-state index contributed by atoms with van der Waals surface area (Å²) in [5.41, 5.74) is 1.94. The summed E-state index contributed by atoms with van der Waals surface area (Å²) in [6.07, 6.45) is -0.347. The summed E-state index contributed by atoms with van der Waals surface area (Å²) in [4.78, 5) is 0. The SMILES string of the molecule is ClB(c1ccccc1)N(c1ccccc1)[SiH](Cl)Cl. The van der Waals surface area contributed by atoms with Gasteiger partial charge in [0, 0.05) is 5.69 Å². The largest absolute Gasteiger partial charge is 0.404 e. The van der Waals surface area contributed by atoms with Crippen molar-refractivity contribution in [2.75, 3.05) is 4.48 Å². The molecule has 1 nitrogen and oxygen atoms in total. The maximum absolute atomic E-state index is 6.49. The normalized spacial score (nSPS) is 10.4. The van der Waals surface area contributed by atoms with Crippen molar-refractivity contribution in [2.45, 2.75) is 0 Å². The molecule has 0 heterocycles. The Bertz CT molecular complexity index is 483. The van der Waals surface area contributed by atoms with Gasteiger partial charge in [-0.2, -0.15) is 11.5 Å². The van der Waals surface area contributed by atoms with E-state index in [0.717, 1.165) is 11.2 Å². The molecule has 0 bridgehead atoms. The van der Waals surface area contributed by atoms with Crippen LogP contribution in [0, 0.1) is 0 Å². The molecule has 0 saturated carbocycles. The highest BCUT2D eigenvalue weighted by Crippen LogP contribution is 2.21. The third-order valence-electron chi connectivity index (χ3n) is 2.58. The van der Waals surface area contributed by atoms with Gasteiger partial charge in [0.15, 0.2) is 0 Å². The molecule has 0 N–H and O–H groups in total. The van der Waals surface area contributed by atoms with Crippen molar-refractivity contribution in [3.63, 3.8) is 0 Å². The first-order valence-corrected chi connectivity index (χ1v) is 9.95. The minimum atomic E-state index is -2.09. The lowest BCUT2D eigenvalue weighted by Crippen LogP contribution is -2.49. The zero-order valence-corrected chi connectivity index (χ0v) is 12.9. The summed E-state index contributed by atoms with van der Waals surface area (Å²) in [6, 6.07) is 19.6. The van der Waals surface area contributed by atoms with Crippen LogP contribution in [0.5, 0.6) is 0 Å². The second kappa shape index (κ2) is 6.53. The van der Waals surface area contributed by atoms with Crippen LogP contribution in [0.15, 0.2) is 60.7 Å². The van der Waals surface area contributed by atoms with Crippen LogP contribution >= 0.6 is 33.6 Å². The van der Waals surface area contributed by atoms with Gasteiger partial charge in [-0.25, -0.2) is 0 Å². The molecule has 2 aromatic rings. The Balaban J connectivity index is 2.32. The van der Waals surface area contributed by atoms with Gasteiger partial charge in [-0.3, -0.25) is 0 Å². The topological polar surface area (TPSA) is 3.24 Å². The number of hydrogen-bond acceptors (Lipinski definition) is 1. The molecule has 0 amide bonds. The van der Waals surface area contributed by atoms with Crippen molar-refractivity contribution in [1.82, 2.24) is 0 Å². The smallest absolute Gasteiger partial charge is 0.388 e. The molecule has 0 atom stereocenters. The minimum Gasteiger partial charge on any atom is -0.404 e. The molecule has 0 fully saturated rings. The Hall–Kier alpha value is -0.608. The van der Waals surface area contributed by atoms with E-state index in [1.165, 1.54) is 0 Å². The average molecular weight is 314 g/mol. The lowest BCUT2D eigenvalue weighted by Gasteiger charge is -2.28. The number of benzene rings is 2. The van der Waals surface area contributed by atoms with Crippen molar-refractivity contribution >= 4 is 58.6 Å². The average Bonchev–Trinajstić information content (AvgIpc) is 2.40. The van der Waals surface area contributed by atoms with Gasteiger partial charge in [-0.05, 0) is 17.6 Å². The fourth-order valence-electron chi connectivity index (χ4n) is 1.72. The molecule has 0 aliphatic rings. The molecule has 0 saturated heterocycles. The van der Waals surface area contributed by atoms with Crippen molar-refractivity contribution in [2.24, 2.45) is 0 Å². The van der Waals surface area contributed by atoms with E-state index >= 15 is 0 Å². The van der Waals surface area contributed by atoms with Gasteiger partial charge in [-0.1, -0.05) is 48.5 Å². The van der Waals surface area contributed by atoms with Crippen LogP contribution in [0.25, 0.3) is 0 Å². The number of rotatable bonds is 4. The monoisotopic (exact) mass is 313 g/mol. The number of hydrogen-bond donors (Lipinski definition) is 0. The predicted octanol–water partition coefficient (Wildman–Crippen LogP) is 3.32. The predicted molar refractivity (Wildman–Crippen MR) is 85.5 cm³/mol. The maximum atomic E-state index is 6.49. The molecule has 92 valence electrons. The van der Waals surface area contributed by atoms with Crippen LogP contribution in [-0.2, 0) is 0 Å². The number of nitrogens with zero attached hydrogens (tertiary/aromatic N) is 1. The summed E-state index contributed by atoms with van der Waals surface area (Å²) in [5.74, 6) is 0. The van der Waals surface area contributed by atoms with Gasteiger partial charge in [0.1, 0.15) is 0 Å². The third kappa shape index (κ3) is 3.24. The van der Waals surface area contributed by atoms with Crippen LogP contribution in [0.2, 0.25) is 0 Å². The second-order valence-corrected chi connectivity index (χ2v) is 8.44. The van der Waals surface area contributed by atoms with E-state index in [4.69, 9.17) is 33.6 Å². The van der Waals surface area contributed by atoms with E-state index in [2.05, 4.69) is 0 Å². The number of halogens is 3. The molecule has 2 rings (SSSR count). The molecule has 0 unspecified atom stereocenters. The first-order chi connectivity index (χ1) is 8.70. The summed E-state index contributed by atoms with van der Waals surface area (Å²) in [6.45, 7) is 0. The Labute approximate surface area is 123 Å². The van der Waals surface area contributed by atoms with Gasteiger partial charge < -0.3 is 4.48 Å². The van der Waals surface area contributed by atoms with Gasteiger partial charge in [0.25, 0.3) is 0 Å². The minimum absolute atomic E-state index is 0.347. The van der Waals surface area contributed by atoms with Gasteiger partial charge in [0.05, 0.1) is 0 Å². The maximum Gasteiger partial charge on any atom is 0.388 e. The molecular formula is C12H11BCl3NSi. The van der Waals surface area contributed by atoms with Crippen molar-refractivity contribution < 1.29 is 0 Å². The fraction of sp³-hybridized carbons (Fsp3) is 0. The van der Waals surface area contributed by atoms with Crippen molar-refractivity contribution in [3.05, 3.63) is 60.7 Å². The Morgan fingerprint density at radius 3 is 1.83 bits per heavy atom. The highest BCUT2D eigenvalue weighted by atomic mass is 35.7. The fourth-order valence-corrected chi connectivity index (χ4v) is 4.78. The van der Waals surface area contributed by atoms with Crippen LogP contribution in [0.4, 0.5) is 5.69 Å². The lowest BCUT2D eigenvalue weighted by molar-refractivity contribution is 1.54. The molecule has 0 aliphatic carbocycles. The van der Waals surface area contributed by atoms with Gasteiger partial charge >= 0.3 is 13.8 Å². The van der Waals surface area contributed by atoms with Crippen LogP contribution < -0.4 is 9.94 Å². The van der Waals surface area contributed by atoms with E-state index in [-0.39, 0.29) is 6.26 Å². The standard InChI is InChI=1S/C12H11BCl3NSi/c14-13(11-7-3-1-4-8-11)17(18(15)16)12-9-5-2-6-10-12/h1-10,18H. The zero-order valence-electron chi connectivity index (χ0n) is 9.51. The highest BCUT2D eigenvalue weighted by molar-refractivity contribution is 7.41. The highest BCUT2D eigenvalue weighted by Gasteiger charge is 2.29. The molecular weight excluding hydrogens is 303 g/mol. The molecule has 0 radical (unpaired) electrons. The number of anilines is 1. The molecule has 18 heavy (non-hydrogen) atoms. The second-order valence-electron chi connectivity index (χ2n) is 3.77. The number of para-hydroxylation sites is 1. The first-order valence-electron chi connectivity index (χ1n) is 5.50. The Kier molecular flexibility index (Phi) is 5.01. The zero-order chi connectivity index (χ0) is 13.0. The first kappa shape index (κ1) is 13.8. The summed E-state index contributed by atoms with van der Waals surface area (Å²) in [7, 11) is -2.09. The van der Waals surface area contributed by atoms with Gasteiger partial charge in [-0.15, -0.1) is 22.2 Å². The van der Waals surface area contributed by atoms with Crippen LogP contribution in [0.3, 0.4) is 0 Å². The van der Waals surface area contributed by atoms with E-state index in [1.54, 1.807) is 0 Å². The summed E-state index contributed by atoms with van der Waals surface area (Å²) in [5, 5.41) is 0. The van der Waals surface area contributed by atoms with Crippen LogP contribution in [0.1, 0.15) is 0 Å².